The highest BCUT2D eigenvalue weighted by Crippen LogP contribution is 2.30. The molecule has 0 saturated carbocycles. The molecule has 0 spiro atoms. The molecule has 1 aliphatic heterocycles. The topological polar surface area (TPSA) is 89.5 Å². The highest BCUT2D eigenvalue weighted by atomic mass is 35.5. The van der Waals surface area contributed by atoms with Crippen molar-refractivity contribution in [3.05, 3.63) is 38.9 Å². The minimum Gasteiger partial charge on any atom is -0.338 e. The molecule has 0 radical (unpaired) electrons. The Labute approximate surface area is 121 Å². The minimum atomic E-state index is -0.585. The predicted octanol–water partition coefficient (Wildman–Crippen LogP) is 2.06. The van der Waals surface area contributed by atoms with E-state index in [1.54, 1.807) is 4.90 Å². The van der Waals surface area contributed by atoms with E-state index in [0.717, 1.165) is 6.42 Å². The Bertz CT molecular complexity index is 548. The maximum absolute atomic E-state index is 12.5. The molecule has 2 unspecified atom stereocenters. The Morgan fingerprint density at radius 1 is 1.60 bits per heavy atom. The molecule has 2 atom stereocenters. The van der Waals surface area contributed by atoms with Gasteiger partial charge in [-0.15, -0.1) is 0 Å². The Kier molecular flexibility index (Phi) is 4.25. The summed E-state index contributed by atoms with van der Waals surface area (Å²) in [6.07, 6.45) is 0.807. The first-order valence-electron chi connectivity index (χ1n) is 6.39. The van der Waals surface area contributed by atoms with Gasteiger partial charge in [-0.3, -0.25) is 14.9 Å². The molecule has 2 N–H and O–H groups in total. The van der Waals surface area contributed by atoms with Gasteiger partial charge >= 0.3 is 0 Å². The van der Waals surface area contributed by atoms with Crippen LogP contribution in [0.15, 0.2) is 18.2 Å². The fourth-order valence-electron chi connectivity index (χ4n) is 2.44. The third-order valence-corrected chi connectivity index (χ3v) is 3.97. The number of likely N-dealkylation sites (tertiary alicyclic amines) is 1. The van der Waals surface area contributed by atoms with Gasteiger partial charge in [-0.05, 0) is 25.3 Å². The molecule has 1 fully saturated rings. The number of hydrogen-bond donors (Lipinski definition) is 1. The predicted molar refractivity (Wildman–Crippen MR) is 75.8 cm³/mol. The standard InChI is InChI=1S/C13H16ClN3O3/c1-8(15)9-5-6-16(7-9)13(18)12-10(14)3-2-4-11(12)17(19)20/h2-4,8-9H,5-7,15H2,1H3. The first-order chi connectivity index (χ1) is 9.41. The van der Waals surface area contributed by atoms with Crippen molar-refractivity contribution in [1.82, 2.24) is 4.90 Å². The molecule has 1 aromatic carbocycles. The summed E-state index contributed by atoms with van der Waals surface area (Å²) >= 11 is 5.97. The summed E-state index contributed by atoms with van der Waals surface area (Å²) in [6.45, 7) is 2.96. The maximum atomic E-state index is 12.5. The Balaban J connectivity index is 2.29. The van der Waals surface area contributed by atoms with Crippen LogP contribution in [0.2, 0.25) is 5.02 Å². The number of nitro groups is 1. The van der Waals surface area contributed by atoms with Gasteiger partial charge in [0.2, 0.25) is 0 Å². The first-order valence-corrected chi connectivity index (χ1v) is 6.77. The van der Waals surface area contributed by atoms with E-state index < -0.39 is 10.8 Å². The Morgan fingerprint density at radius 3 is 2.85 bits per heavy atom. The van der Waals surface area contributed by atoms with Gasteiger partial charge in [0.05, 0.1) is 9.95 Å². The summed E-state index contributed by atoms with van der Waals surface area (Å²) < 4.78 is 0. The van der Waals surface area contributed by atoms with Crippen LogP contribution in [0.5, 0.6) is 0 Å². The van der Waals surface area contributed by atoms with Crippen LogP contribution in [0.25, 0.3) is 0 Å². The lowest BCUT2D eigenvalue weighted by Crippen LogP contribution is -2.33. The van der Waals surface area contributed by atoms with E-state index >= 15 is 0 Å². The zero-order valence-corrected chi connectivity index (χ0v) is 11.8. The molecule has 7 heteroatoms. The zero-order chi connectivity index (χ0) is 14.9. The molecular formula is C13H16ClN3O3. The van der Waals surface area contributed by atoms with E-state index in [2.05, 4.69) is 0 Å². The minimum absolute atomic E-state index is 0.00553. The highest BCUT2D eigenvalue weighted by Gasteiger charge is 2.33. The smallest absolute Gasteiger partial charge is 0.283 e. The molecule has 2 rings (SSSR count). The van der Waals surface area contributed by atoms with E-state index in [1.165, 1.54) is 18.2 Å². The second-order valence-corrected chi connectivity index (χ2v) is 5.46. The van der Waals surface area contributed by atoms with Crippen LogP contribution in [0.3, 0.4) is 0 Å². The van der Waals surface area contributed by atoms with Crippen LogP contribution < -0.4 is 5.73 Å². The summed E-state index contributed by atoms with van der Waals surface area (Å²) in [6, 6.07) is 4.24. The van der Waals surface area contributed by atoms with Crippen LogP contribution in [0, 0.1) is 16.0 Å². The number of nitro benzene ring substituents is 1. The molecule has 1 heterocycles. The molecule has 20 heavy (non-hydrogen) atoms. The second-order valence-electron chi connectivity index (χ2n) is 5.05. The number of nitrogens with two attached hydrogens (primary N) is 1. The number of hydrogen-bond acceptors (Lipinski definition) is 4. The van der Waals surface area contributed by atoms with Crippen molar-refractivity contribution in [2.75, 3.05) is 13.1 Å². The van der Waals surface area contributed by atoms with Crippen molar-refractivity contribution in [2.45, 2.75) is 19.4 Å². The molecule has 6 nitrogen and oxygen atoms in total. The Hall–Kier alpha value is -1.66. The molecular weight excluding hydrogens is 282 g/mol. The van der Waals surface area contributed by atoms with Crippen LogP contribution in [0.4, 0.5) is 5.69 Å². The summed E-state index contributed by atoms with van der Waals surface area (Å²) in [5, 5.41) is 11.1. The lowest BCUT2D eigenvalue weighted by molar-refractivity contribution is -0.385. The van der Waals surface area contributed by atoms with E-state index in [0.29, 0.717) is 13.1 Å². The second kappa shape index (κ2) is 5.76. The van der Waals surface area contributed by atoms with Gasteiger partial charge in [-0.1, -0.05) is 17.7 Å². The SMILES string of the molecule is CC(N)C1CCN(C(=O)c2c(Cl)cccc2[N+](=O)[O-])C1. The maximum Gasteiger partial charge on any atom is 0.283 e. The van der Waals surface area contributed by atoms with Crippen molar-refractivity contribution in [2.24, 2.45) is 11.7 Å². The van der Waals surface area contributed by atoms with Gasteiger partial charge < -0.3 is 10.6 Å². The molecule has 1 aliphatic rings. The lowest BCUT2D eigenvalue weighted by Gasteiger charge is -2.18. The lowest BCUT2D eigenvalue weighted by atomic mass is 10.0. The molecule has 0 aromatic heterocycles. The number of amides is 1. The van der Waals surface area contributed by atoms with Crippen LogP contribution in [-0.2, 0) is 0 Å². The molecule has 1 amide bonds. The third kappa shape index (κ3) is 2.76. The van der Waals surface area contributed by atoms with Crippen LogP contribution >= 0.6 is 11.6 Å². The number of benzene rings is 1. The van der Waals surface area contributed by atoms with Gasteiger partial charge in [0.1, 0.15) is 5.56 Å². The van der Waals surface area contributed by atoms with Crippen molar-refractivity contribution in [3.63, 3.8) is 0 Å². The summed E-state index contributed by atoms with van der Waals surface area (Å²) in [4.78, 5) is 24.5. The van der Waals surface area contributed by atoms with Gasteiger partial charge in [0.25, 0.3) is 11.6 Å². The molecule has 1 saturated heterocycles. The number of carbonyl (C=O) groups is 1. The van der Waals surface area contributed by atoms with Crippen molar-refractivity contribution in [1.29, 1.82) is 0 Å². The monoisotopic (exact) mass is 297 g/mol. The van der Waals surface area contributed by atoms with Gasteiger partial charge in [-0.2, -0.15) is 0 Å². The number of halogens is 1. The quantitative estimate of drug-likeness (QED) is 0.683. The summed E-state index contributed by atoms with van der Waals surface area (Å²) in [5.41, 5.74) is 5.54. The van der Waals surface area contributed by atoms with E-state index in [9.17, 15) is 14.9 Å². The zero-order valence-electron chi connectivity index (χ0n) is 11.1. The highest BCUT2D eigenvalue weighted by molar-refractivity contribution is 6.34. The summed E-state index contributed by atoms with van der Waals surface area (Å²) in [5.74, 6) is -0.175. The van der Waals surface area contributed by atoms with E-state index in [1.807, 2.05) is 6.92 Å². The van der Waals surface area contributed by atoms with E-state index in [-0.39, 0.29) is 28.2 Å². The van der Waals surface area contributed by atoms with Crippen LogP contribution in [0.1, 0.15) is 23.7 Å². The fourth-order valence-corrected chi connectivity index (χ4v) is 2.69. The number of rotatable bonds is 3. The molecule has 0 aliphatic carbocycles. The average Bonchev–Trinajstić information content (AvgIpc) is 2.87. The first kappa shape index (κ1) is 14.7. The third-order valence-electron chi connectivity index (χ3n) is 3.66. The van der Waals surface area contributed by atoms with Crippen molar-refractivity contribution >= 4 is 23.2 Å². The van der Waals surface area contributed by atoms with Gasteiger partial charge in [0, 0.05) is 25.2 Å². The van der Waals surface area contributed by atoms with Crippen molar-refractivity contribution < 1.29 is 9.72 Å². The van der Waals surface area contributed by atoms with E-state index in [4.69, 9.17) is 17.3 Å². The summed E-state index contributed by atoms with van der Waals surface area (Å²) in [7, 11) is 0. The largest absolute Gasteiger partial charge is 0.338 e. The normalized spacial score (nSPS) is 19.9. The molecule has 1 aromatic rings. The number of nitrogens with zero attached hydrogens (tertiary/aromatic N) is 2. The van der Waals surface area contributed by atoms with Crippen LogP contribution in [-0.4, -0.2) is 34.9 Å². The molecule has 0 bridgehead atoms. The Morgan fingerprint density at radius 2 is 2.30 bits per heavy atom. The van der Waals surface area contributed by atoms with Gasteiger partial charge in [-0.25, -0.2) is 0 Å². The average molecular weight is 298 g/mol. The van der Waals surface area contributed by atoms with Crippen molar-refractivity contribution in [3.8, 4) is 0 Å². The molecule has 108 valence electrons. The van der Waals surface area contributed by atoms with Gasteiger partial charge in [0.15, 0.2) is 0 Å². The fraction of sp³-hybridized carbons (Fsp3) is 0.462. The number of carbonyl (C=O) groups excluding carboxylic acids is 1.